The van der Waals surface area contributed by atoms with Crippen LogP contribution in [0.1, 0.15) is 43.0 Å². The first-order valence-electron chi connectivity index (χ1n) is 7.49. The first kappa shape index (κ1) is 14.6. The molecule has 1 fully saturated rings. The van der Waals surface area contributed by atoms with Gasteiger partial charge in [0.25, 0.3) is 5.91 Å². The lowest BCUT2D eigenvalue weighted by molar-refractivity contribution is -0.145. The predicted octanol–water partition coefficient (Wildman–Crippen LogP) is 2.33. The summed E-state index contributed by atoms with van der Waals surface area (Å²) in [7, 11) is 0. The van der Waals surface area contributed by atoms with E-state index in [1.807, 2.05) is 13.0 Å². The molecule has 1 aliphatic rings. The number of carboxylic acids is 1. The third kappa shape index (κ3) is 2.45. The average molecular weight is 301 g/mol. The molecule has 0 aliphatic heterocycles. The van der Waals surface area contributed by atoms with Crippen molar-refractivity contribution < 1.29 is 14.7 Å². The van der Waals surface area contributed by atoms with Crippen molar-refractivity contribution in [3.8, 4) is 0 Å². The molecule has 0 spiro atoms. The van der Waals surface area contributed by atoms with Crippen molar-refractivity contribution in [3.05, 3.63) is 30.0 Å². The Labute approximate surface area is 127 Å². The highest BCUT2D eigenvalue weighted by atomic mass is 16.4. The van der Waals surface area contributed by atoms with Crippen LogP contribution < -0.4 is 5.32 Å². The van der Waals surface area contributed by atoms with E-state index < -0.39 is 17.4 Å². The molecule has 1 saturated carbocycles. The molecule has 1 heterocycles. The molecule has 0 radical (unpaired) electrons. The van der Waals surface area contributed by atoms with Crippen LogP contribution in [0.2, 0.25) is 0 Å². The van der Waals surface area contributed by atoms with Gasteiger partial charge in [-0.15, -0.1) is 0 Å². The summed E-state index contributed by atoms with van der Waals surface area (Å²) in [5, 5.41) is 20.0. The topological polar surface area (TPSA) is 95.1 Å². The smallest absolute Gasteiger partial charge is 0.308 e. The minimum atomic E-state index is -0.845. The van der Waals surface area contributed by atoms with Crippen LogP contribution in [0.25, 0.3) is 10.9 Å². The molecule has 2 aromatic rings. The van der Waals surface area contributed by atoms with E-state index in [9.17, 15) is 14.7 Å². The molecule has 22 heavy (non-hydrogen) atoms. The first-order valence-corrected chi connectivity index (χ1v) is 7.49. The summed E-state index contributed by atoms with van der Waals surface area (Å²) in [6.07, 6.45) is 4.75. The predicted molar refractivity (Wildman–Crippen MR) is 81.6 cm³/mol. The van der Waals surface area contributed by atoms with Gasteiger partial charge in [-0.05, 0) is 25.8 Å². The summed E-state index contributed by atoms with van der Waals surface area (Å²) in [6.45, 7) is 1.83. The number of amides is 1. The summed E-state index contributed by atoms with van der Waals surface area (Å²) in [5.74, 6) is -1.65. The number of carbonyl (C=O) groups is 2. The number of hydrogen-bond acceptors (Lipinski definition) is 3. The summed E-state index contributed by atoms with van der Waals surface area (Å²) >= 11 is 0. The van der Waals surface area contributed by atoms with Crippen LogP contribution in [0.5, 0.6) is 0 Å². The van der Waals surface area contributed by atoms with Crippen molar-refractivity contribution in [2.75, 3.05) is 0 Å². The number of nitrogens with zero attached hydrogens (tertiary/aromatic N) is 1. The second-order valence-electron chi connectivity index (χ2n) is 6.15. The summed E-state index contributed by atoms with van der Waals surface area (Å²) in [4.78, 5) is 24.1. The summed E-state index contributed by atoms with van der Waals surface area (Å²) in [5.41, 5.74) is 0.445. The molecule has 1 aliphatic carbocycles. The van der Waals surface area contributed by atoms with Gasteiger partial charge in [0.05, 0.1) is 28.7 Å². The maximum atomic E-state index is 12.6. The molecule has 6 nitrogen and oxygen atoms in total. The van der Waals surface area contributed by atoms with E-state index in [1.54, 1.807) is 18.3 Å². The van der Waals surface area contributed by atoms with Crippen molar-refractivity contribution in [2.45, 2.75) is 38.1 Å². The number of aromatic amines is 1. The van der Waals surface area contributed by atoms with Gasteiger partial charge < -0.3 is 10.4 Å². The van der Waals surface area contributed by atoms with E-state index in [0.29, 0.717) is 23.9 Å². The van der Waals surface area contributed by atoms with Crippen LogP contribution in [0.4, 0.5) is 0 Å². The number of benzene rings is 1. The first-order chi connectivity index (χ1) is 10.5. The van der Waals surface area contributed by atoms with Crippen LogP contribution in [0.15, 0.2) is 24.4 Å². The zero-order valence-electron chi connectivity index (χ0n) is 12.4. The molecule has 1 amide bonds. The highest BCUT2D eigenvalue weighted by Crippen LogP contribution is 2.34. The number of fused-ring (bicyclic) bond motifs is 1. The van der Waals surface area contributed by atoms with Gasteiger partial charge in [-0.2, -0.15) is 5.10 Å². The molecule has 0 saturated heterocycles. The van der Waals surface area contributed by atoms with E-state index in [0.717, 1.165) is 18.2 Å². The standard InChI is InChI=1S/C16H19N3O3/c1-16(8-3-2-7-12(16)15(21)22)18-14(20)11-6-4-5-10-9-17-19-13(10)11/h4-6,9,12H,2-3,7-8H2,1H3,(H,17,19)(H,18,20)(H,21,22). The number of carbonyl (C=O) groups excluding carboxylic acids is 1. The quantitative estimate of drug-likeness (QED) is 0.810. The molecule has 3 N–H and O–H groups in total. The molecule has 2 atom stereocenters. The van der Waals surface area contributed by atoms with Crippen LogP contribution in [-0.2, 0) is 4.79 Å². The van der Waals surface area contributed by atoms with Crippen molar-refractivity contribution in [1.29, 1.82) is 0 Å². The van der Waals surface area contributed by atoms with Crippen LogP contribution in [-0.4, -0.2) is 32.7 Å². The Balaban J connectivity index is 1.89. The number of carboxylic acid groups (broad SMARTS) is 1. The van der Waals surface area contributed by atoms with Crippen molar-refractivity contribution in [2.24, 2.45) is 5.92 Å². The van der Waals surface area contributed by atoms with Gasteiger partial charge in [-0.25, -0.2) is 0 Å². The van der Waals surface area contributed by atoms with Gasteiger partial charge in [0.1, 0.15) is 0 Å². The maximum Gasteiger partial charge on any atom is 0.308 e. The fraction of sp³-hybridized carbons (Fsp3) is 0.438. The lowest BCUT2D eigenvalue weighted by Crippen LogP contribution is -2.55. The average Bonchev–Trinajstić information content (AvgIpc) is 2.95. The molecular weight excluding hydrogens is 282 g/mol. The Kier molecular flexibility index (Phi) is 3.60. The Morgan fingerprint density at radius 1 is 1.41 bits per heavy atom. The monoisotopic (exact) mass is 301 g/mol. The van der Waals surface area contributed by atoms with E-state index >= 15 is 0 Å². The zero-order chi connectivity index (χ0) is 15.7. The van der Waals surface area contributed by atoms with E-state index in [2.05, 4.69) is 15.5 Å². The minimum Gasteiger partial charge on any atom is -0.481 e. The fourth-order valence-corrected chi connectivity index (χ4v) is 3.36. The molecule has 6 heteroatoms. The summed E-state index contributed by atoms with van der Waals surface area (Å²) in [6, 6.07) is 5.39. The van der Waals surface area contributed by atoms with Crippen molar-refractivity contribution >= 4 is 22.8 Å². The van der Waals surface area contributed by atoms with Gasteiger partial charge in [0.2, 0.25) is 0 Å². The fourth-order valence-electron chi connectivity index (χ4n) is 3.36. The zero-order valence-corrected chi connectivity index (χ0v) is 12.4. The van der Waals surface area contributed by atoms with Crippen LogP contribution >= 0.6 is 0 Å². The maximum absolute atomic E-state index is 12.6. The van der Waals surface area contributed by atoms with Crippen LogP contribution in [0, 0.1) is 5.92 Å². The van der Waals surface area contributed by atoms with E-state index in [1.165, 1.54) is 0 Å². The SMILES string of the molecule is CC1(NC(=O)c2cccc3cn[nH]c23)CCCCC1C(=O)O. The van der Waals surface area contributed by atoms with Crippen LogP contribution in [0.3, 0.4) is 0 Å². The Morgan fingerprint density at radius 3 is 3.00 bits per heavy atom. The van der Waals surface area contributed by atoms with Gasteiger partial charge in [-0.1, -0.05) is 25.0 Å². The van der Waals surface area contributed by atoms with Gasteiger partial charge in [0.15, 0.2) is 0 Å². The number of nitrogens with one attached hydrogen (secondary N) is 2. The molecule has 0 bridgehead atoms. The molecule has 1 aromatic carbocycles. The lowest BCUT2D eigenvalue weighted by Gasteiger charge is -2.39. The van der Waals surface area contributed by atoms with Gasteiger partial charge >= 0.3 is 5.97 Å². The second-order valence-corrected chi connectivity index (χ2v) is 6.15. The number of hydrogen-bond donors (Lipinski definition) is 3. The molecular formula is C16H19N3O3. The Bertz CT molecular complexity index is 724. The molecule has 116 valence electrons. The number of H-pyrrole nitrogens is 1. The Morgan fingerprint density at radius 2 is 2.23 bits per heavy atom. The van der Waals surface area contributed by atoms with E-state index in [4.69, 9.17) is 0 Å². The Hall–Kier alpha value is -2.37. The third-order valence-electron chi connectivity index (χ3n) is 4.63. The lowest BCUT2D eigenvalue weighted by atomic mass is 9.73. The molecule has 3 rings (SSSR count). The second kappa shape index (κ2) is 5.44. The normalized spacial score (nSPS) is 25.0. The minimum absolute atomic E-state index is 0.259. The van der Waals surface area contributed by atoms with Crippen molar-refractivity contribution in [3.63, 3.8) is 0 Å². The largest absolute Gasteiger partial charge is 0.481 e. The highest BCUT2D eigenvalue weighted by molar-refractivity contribution is 6.05. The number of rotatable bonds is 3. The molecule has 2 unspecified atom stereocenters. The summed E-state index contributed by atoms with van der Waals surface area (Å²) < 4.78 is 0. The third-order valence-corrected chi connectivity index (χ3v) is 4.63. The highest BCUT2D eigenvalue weighted by Gasteiger charge is 2.42. The van der Waals surface area contributed by atoms with Gasteiger partial charge in [0, 0.05) is 5.39 Å². The number of para-hydroxylation sites is 1. The van der Waals surface area contributed by atoms with E-state index in [-0.39, 0.29) is 5.91 Å². The number of aliphatic carboxylic acids is 1. The van der Waals surface area contributed by atoms with Crippen molar-refractivity contribution in [1.82, 2.24) is 15.5 Å². The molecule has 1 aromatic heterocycles. The number of aromatic nitrogens is 2. The van der Waals surface area contributed by atoms with Gasteiger partial charge in [-0.3, -0.25) is 14.7 Å².